The molecule has 555 valence electrons. The third-order valence-corrected chi connectivity index (χ3v) is 10.5. The Kier molecular flexibility index (Phi) is 61.5. The van der Waals surface area contributed by atoms with Crippen molar-refractivity contribution in [3.63, 3.8) is 0 Å². The van der Waals surface area contributed by atoms with Gasteiger partial charge in [0.2, 0.25) is 0 Å². The summed E-state index contributed by atoms with van der Waals surface area (Å²) in [6, 6.07) is 0. The Morgan fingerprint density at radius 2 is 0.283 bits per heavy atom. The van der Waals surface area contributed by atoms with Gasteiger partial charge in [-0.15, -0.1) is 0 Å². The first-order valence-corrected chi connectivity index (χ1v) is 24.3. The van der Waals surface area contributed by atoms with Crippen molar-refractivity contribution in [2.45, 2.75) is 171 Å². The molecule has 0 unspecified atom stereocenters. The van der Waals surface area contributed by atoms with Crippen molar-refractivity contribution in [1.29, 1.82) is 0 Å². The fraction of sp³-hybridized carbons (Fsp3) is 0.833. The monoisotopic (exact) mass is 1430 g/mol. The summed E-state index contributed by atoms with van der Waals surface area (Å²) in [6.07, 6.45) is -55.3. The minimum absolute atomic E-state index is 0. The Bertz CT molecular complexity index is 1570. The van der Waals surface area contributed by atoms with E-state index >= 15 is 0 Å². The van der Waals surface area contributed by atoms with Crippen molar-refractivity contribution in [3.8, 4) is 0 Å². The van der Waals surface area contributed by atoms with Crippen LogP contribution >= 0.6 is 0 Å². The van der Waals surface area contributed by atoms with Crippen molar-refractivity contribution in [1.82, 2.24) is 0 Å². The Labute approximate surface area is 523 Å². The number of hydrogen-bond donors (Lipinski definition) is 40. The average molecular weight is 1430 g/mol. The molecule has 28 atom stereocenters. The number of carbonyl (C=O) groups is 7. The maximum Gasteiger partial charge on any atom is 2.00 e. The standard InChI is InChI=1S/7C6H12O7.Cu/c7*7-1-2(8)3(9)4(10)5(11)6(12)13;/h7*2-5,7-11H,1H2,(H,12,13);/q;;;;;;;+2/p-2/t7*2-,3-,4+,5-;/m1111111./s1. The van der Waals surface area contributed by atoms with Gasteiger partial charge < -0.3 is 224 Å². The normalized spacial score (nSPS) is 20.2. The molecule has 0 rings (SSSR count). The molecule has 0 saturated heterocycles. The van der Waals surface area contributed by atoms with E-state index in [4.69, 9.17) is 204 Å². The van der Waals surface area contributed by atoms with Crippen LogP contribution in [0.25, 0.3) is 0 Å². The first-order valence-electron chi connectivity index (χ1n) is 24.3. The zero-order chi connectivity index (χ0) is 74.2. The van der Waals surface area contributed by atoms with Gasteiger partial charge in [0.1, 0.15) is 140 Å². The molecule has 0 aliphatic carbocycles. The van der Waals surface area contributed by atoms with Crippen LogP contribution in [0.3, 0.4) is 0 Å². The largest absolute Gasteiger partial charge is 2.00 e. The van der Waals surface area contributed by atoms with E-state index in [-0.39, 0.29) is 17.1 Å². The van der Waals surface area contributed by atoms with Gasteiger partial charge in [0.15, 0.2) is 30.5 Å². The Morgan fingerprint density at radius 1 is 0.196 bits per heavy atom. The fourth-order valence-corrected chi connectivity index (χ4v) is 4.67. The summed E-state index contributed by atoms with van der Waals surface area (Å²) in [5.41, 5.74) is 0. The fourth-order valence-electron chi connectivity index (χ4n) is 4.67. The van der Waals surface area contributed by atoms with Gasteiger partial charge in [0, 0.05) is 0 Å². The van der Waals surface area contributed by atoms with Crippen LogP contribution in [0, 0.1) is 0 Å². The van der Waals surface area contributed by atoms with Crippen molar-refractivity contribution < 1.29 is 265 Å². The second-order valence-electron chi connectivity index (χ2n) is 17.6. The minimum atomic E-state index is -2.31. The predicted octanol–water partition coefficient (Wildman–Crippen LogP) is -27.1. The van der Waals surface area contributed by atoms with E-state index in [0.29, 0.717) is 0 Å². The SMILES string of the molecule is O=C(O)[C@H](O)[C@@H](O)[C@H](O)[C@H](O)CO.O=C(O)[C@H](O)[C@@H](O)[C@H](O)[C@H](O)CO.O=C(O)[C@H](O)[C@@H](O)[C@H](O)[C@H](O)CO.O=C(O)[C@H](O)[C@@H](O)[C@H](O)[C@H](O)CO.O=C(O)[C@H](O)[C@@H](O)[C@H](O)[C@H](O)CO.O=C([O-])[C@H](O)[C@@H](O)[C@H](O)[C@H](O)CO.O=C([O-])[C@H](O)[C@@H](O)[C@H](O)[C@H](O)CO.[Cu+2]. The van der Waals surface area contributed by atoms with Crippen LogP contribution in [0.4, 0.5) is 0 Å². The molecule has 0 aliphatic rings. The number of carboxylic acid groups (broad SMARTS) is 7. The third kappa shape index (κ3) is 41.3. The summed E-state index contributed by atoms with van der Waals surface area (Å²) in [5, 5.41) is 366. The second-order valence-corrected chi connectivity index (χ2v) is 17.6. The summed E-state index contributed by atoms with van der Waals surface area (Å²) in [7, 11) is 0. The molecule has 49 nitrogen and oxygen atoms in total. The van der Waals surface area contributed by atoms with Crippen LogP contribution in [0.2, 0.25) is 0 Å². The average Bonchev–Trinajstić information content (AvgIpc) is 2.31. The second kappa shape index (κ2) is 54.6. The molecular weight excluding hydrogens is 1350 g/mol. The van der Waals surface area contributed by atoms with E-state index in [0.717, 1.165) is 0 Å². The molecular formula is C42H82CuO49. The Balaban J connectivity index is -0.000000149. The quantitative estimate of drug-likeness (QED) is 0.0262. The van der Waals surface area contributed by atoms with Gasteiger partial charge in [-0.25, -0.2) is 24.0 Å². The van der Waals surface area contributed by atoms with Crippen molar-refractivity contribution in [2.75, 3.05) is 46.2 Å². The van der Waals surface area contributed by atoms with Crippen molar-refractivity contribution in [2.24, 2.45) is 0 Å². The zero-order valence-corrected chi connectivity index (χ0v) is 47.4. The number of carboxylic acids is 7. The topological polar surface area (TPSA) is 975 Å². The molecule has 0 aliphatic heterocycles. The Hall–Kier alpha value is -4.59. The van der Waals surface area contributed by atoms with Gasteiger partial charge in [0.25, 0.3) is 0 Å². The summed E-state index contributed by atoms with van der Waals surface area (Å²) < 4.78 is 0. The van der Waals surface area contributed by atoms with E-state index in [1.54, 1.807) is 0 Å². The van der Waals surface area contributed by atoms with E-state index < -0.39 is 259 Å². The van der Waals surface area contributed by atoms with Crippen LogP contribution < -0.4 is 10.2 Å². The minimum Gasteiger partial charge on any atom is -0.547 e. The van der Waals surface area contributed by atoms with Crippen molar-refractivity contribution >= 4 is 41.8 Å². The summed E-state index contributed by atoms with van der Waals surface area (Å²) in [4.78, 5) is 70.4. The molecule has 0 bridgehead atoms. The van der Waals surface area contributed by atoms with Gasteiger partial charge in [-0.05, 0) is 0 Å². The first kappa shape index (κ1) is 103. The van der Waals surface area contributed by atoms with Crippen LogP contribution in [0.5, 0.6) is 0 Å². The maximum absolute atomic E-state index is 10.1. The first-order chi connectivity index (χ1) is 41.4. The molecule has 0 amide bonds. The number of hydrogen-bond acceptors (Lipinski definition) is 44. The maximum atomic E-state index is 10.1. The van der Waals surface area contributed by atoms with Gasteiger partial charge in [0.05, 0.1) is 58.2 Å². The molecule has 0 aromatic carbocycles. The summed E-state index contributed by atoms with van der Waals surface area (Å²) >= 11 is 0. The molecule has 92 heavy (non-hydrogen) atoms. The Morgan fingerprint density at radius 3 is 0.348 bits per heavy atom. The molecule has 50 heteroatoms. The van der Waals surface area contributed by atoms with E-state index in [2.05, 4.69) is 0 Å². The molecule has 40 N–H and O–H groups in total. The molecule has 0 spiro atoms. The van der Waals surface area contributed by atoms with Crippen LogP contribution in [0.15, 0.2) is 0 Å². The molecule has 0 saturated carbocycles. The number of aliphatic carboxylic acids is 7. The van der Waals surface area contributed by atoms with E-state index in [1.165, 1.54) is 0 Å². The molecule has 0 heterocycles. The van der Waals surface area contributed by atoms with Gasteiger partial charge >= 0.3 is 46.9 Å². The molecule has 0 fully saturated rings. The van der Waals surface area contributed by atoms with Crippen LogP contribution in [0.1, 0.15) is 0 Å². The van der Waals surface area contributed by atoms with Crippen LogP contribution in [-0.2, 0) is 50.6 Å². The smallest absolute Gasteiger partial charge is 0.547 e. The number of rotatable bonds is 35. The number of carbonyl (C=O) groups excluding carboxylic acids is 2. The zero-order valence-electron chi connectivity index (χ0n) is 46.5. The summed E-state index contributed by atoms with van der Waals surface area (Å²) in [6.45, 7) is -5.94. The number of aliphatic hydroxyl groups is 35. The van der Waals surface area contributed by atoms with E-state index in [9.17, 15) is 43.8 Å². The van der Waals surface area contributed by atoms with Gasteiger partial charge in [-0.3, -0.25) is 0 Å². The van der Waals surface area contributed by atoms with Gasteiger partial charge in [-0.2, -0.15) is 0 Å². The van der Waals surface area contributed by atoms with Gasteiger partial charge in [-0.1, -0.05) is 0 Å². The van der Waals surface area contributed by atoms with Crippen molar-refractivity contribution in [3.05, 3.63) is 0 Å². The third-order valence-electron chi connectivity index (χ3n) is 10.5. The molecule has 0 aromatic heterocycles. The summed E-state index contributed by atoms with van der Waals surface area (Å²) in [5.74, 6) is -12.6. The predicted molar refractivity (Wildman–Crippen MR) is 266 cm³/mol. The molecule has 0 aromatic rings. The molecule has 1 radical (unpaired) electrons. The number of aliphatic hydroxyl groups excluding tert-OH is 35. The van der Waals surface area contributed by atoms with Crippen LogP contribution in [-0.4, -0.2) is 463 Å². The van der Waals surface area contributed by atoms with E-state index in [1.807, 2.05) is 0 Å².